The van der Waals surface area contributed by atoms with Gasteiger partial charge in [0.1, 0.15) is 11.6 Å². The highest BCUT2D eigenvalue weighted by atomic mass is 35.5. The van der Waals surface area contributed by atoms with Gasteiger partial charge >= 0.3 is 0 Å². The number of piperazine rings is 1. The first-order valence-corrected chi connectivity index (χ1v) is 11.9. The van der Waals surface area contributed by atoms with Crippen molar-refractivity contribution in [2.24, 2.45) is 0 Å². The van der Waals surface area contributed by atoms with Gasteiger partial charge in [-0.3, -0.25) is 0 Å². The van der Waals surface area contributed by atoms with Gasteiger partial charge in [-0.15, -0.1) is 0 Å². The molecule has 0 saturated carbocycles. The number of hydrogen-bond acceptors (Lipinski definition) is 7. The van der Waals surface area contributed by atoms with E-state index < -0.39 is 0 Å². The number of hydrogen-bond donors (Lipinski definition) is 0. The summed E-state index contributed by atoms with van der Waals surface area (Å²) in [5.41, 5.74) is 1.91. The van der Waals surface area contributed by atoms with Gasteiger partial charge in [0, 0.05) is 61.6 Å². The molecule has 2 aromatic heterocycles. The van der Waals surface area contributed by atoms with Crippen molar-refractivity contribution in [1.29, 1.82) is 0 Å². The van der Waals surface area contributed by atoms with Gasteiger partial charge in [0.25, 0.3) is 0 Å². The van der Waals surface area contributed by atoms with Gasteiger partial charge in [0.15, 0.2) is 0 Å². The lowest BCUT2D eigenvalue weighted by Crippen LogP contribution is -2.53. The third-order valence-corrected chi connectivity index (χ3v) is 6.64. The molecule has 0 bridgehead atoms. The number of pyridine rings is 1. The SMILES string of the molecule is C[C@@H]1CN(c2ncccc2Cl)CCN1c1cc(-c2ccc(Cl)cc2)nc(N2CCOCC2)n1. The lowest BCUT2D eigenvalue weighted by Gasteiger charge is -2.41. The van der Waals surface area contributed by atoms with Crippen LogP contribution in [-0.2, 0) is 4.74 Å². The third-order valence-electron chi connectivity index (χ3n) is 6.10. The predicted molar refractivity (Wildman–Crippen MR) is 134 cm³/mol. The Morgan fingerprint density at radius 3 is 2.45 bits per heavy atom. The van der Waals surface area contributed by atoms with E-state index in [1.807, 2.05) is 36.4 Å². The normalized spacial score (nSPS) is 19.1. The van der Waals surface area contributed by atoms with Crippen molar-refractivity contribution in [2.75, 3.05) is 60.6 Å². The molecule has 0 amide bonds. The van der Waals surface area contributed by atoms with Crippen LogP contribution >= 0.6 is 23.2 Å². The summed E-state index contributed by atoms with van der Waals surface area (Å²) in [5, 5.41) is 1.39. The van der Waals surface area contributed by atoms with E-state index in [2.05, 4.69) is 32.7 Å². The molecule has 5 rings (SSSR count). The lowest BCUT2D eigenvalue weighted by atomic mass is 10.1. The van der Waals surface area contributed by atoms with E-state index in [-0.39, 0.29) is 6.04 Å². The standard InChI is InChI=1S/C24H26Cl2N6O/c1-17-16-31(23-20(26)3-2-8-27-23)9-10-32(17)22-15-21(18-4-6-19(25)7-5-18)28-24(29-22)30-11-13-33-14-12-30/h2-8,15,17H,9-14,16H2,1H3/t17-/m1/s1. The van der Waals surface area contributed by atoms with Crippen molar-refractivity contribution in [3.05, 3.63) is 58.7 Å². The van der Waals surface area contributed by atoms with Crippen LogP contribution in [0.2, 0.25) is 10.0 Å². The van der Waals surface area contributed by atoms with Gasteiger partial charge in [0.05, 0.1) is 23.9 Å². The van der Waals surface area contributed by atoms with Gasteiger partial charge in [-0.1, -0.05) is 35.3 Å². The molecule has 0 spiro atoms. The Morgan fingerprint density at radius 2 is 1.73 bits per heavy atom. The molecule has 33 heavy (non-hydrogen) atoms. The summed E-state index contributed by atoms with van der Waals surface area (Å²) in [5.74, 6) is 2.50. The van der Waals surface area contributed by atoms with E-state index in [1.54, 1.807) is 6.20 Å². The quantitative estimate of drug-likeness (QED) is 0.543. The van der Waals surface area contributed by atoms with E-state index >= 15 is 0 Å². The molecule has 1 atom stereocenters. The summed E-state index contributed by atoms with van der Waals surface area (Å²) in [7, 11) is 0. The van der Waals surface area contributed by atoms with Crippen LogP contribution in [0.25, 0.3) is 11.3 Å². The van der Waals surface area contributed by atoms with E-state index in [1.165, 1.54) is 0 Å². The van der Waals surface area contributed by atoms with Crippen molar-refractivity contribution in [3.8, 4) is 11.3 Å². The number of rotatable bonds is 4. The molecule has 0 N–H and O–H groups in total. The highest BCUT2D eigenvalue weighted by Crippen LogP contribution is 2.30. The minimum Gasteiger partial charge on any atom is -0.378 e. The summed E-state index contributed by atoms with van der Waals surface area (Å²) < 4.78 is 5.53. The Hall–Kier alpha value is -2.61. The van der Waals surface area contributed by atoms with Gasteiger partial charge in [-0.25, -0.2) is 9.97 Å². The zero-order chi connectivity index (χ0) is 22.8. The number of anilines is 3. The molecular weight excluding hydrogens is 459 g/mol. The second-order valence-corrected chi connectivity index (χ2v) is 9.16. The van der Waals surface area contributed by atoms with Crippen LogP contribution in [0.4, 0.5) is 17.6 Å². The van der Waals surface area contributed by atoms with Gasteiger partial charge in [-0.2, -0.15) is 4.98 Å². The summed E-state index contributed by atoms with van der Waals surface area (Å²) in [6.07, 6.45) is 1.79. The van der Waals surface area contributed by atoms with Crippen molar-refractivity contribution >= 4 is 40.8 Å². The zero-order valence-corrected chi connectivity index (χ0v) is 20.0. The monoisotopic (exact) mass is 484 g/mol. The highest BCUT2D eigenvalue weighted by Gasteiger charge is 2.28. The average molecular weight is 485 g/mol. The van der Waals surface area contributed by atoms with Crippen LogP contribution in [0.15, 0.2) is 48.7 Å². The van der Waals surface area contributed by atoms with Crippen LogP contribution in [-0.4, -0.2) is 66.9 Å². The van der Waals surface area contributed by atoms with Crippen LogP contribution in [0, 0.1) is 0 Å². The van der Waals surface area contributed by atoms with Crippen LogP contribution in [0.1, 0.15) is 6.92 Å². The first kappa shape index (κ1) is 22.2. The molecule has 2 aliphatic rings. The maximum atomic E-state index is 6.40. The minimum atomic E-state index is 0.224. The van der Waals surface area contributed by atoms with Crippen LogP contribution in [0.5, 0.6) is 0 Å². The fourth-order valence-electron chi connectivity index (χ4n) is 4.34. The van der Waals surface area contributed by atoms with Gasteiger partial charge < -0.3 is 19.4 Å². The molecule has 0 radical (unpaired) electrons. The predicted octanol–water partition coefficient (Wildman–Crippen LogP) is 4.40. The second-order valence-electron chi connectivity index (χ2n) is 8.31. The molecule has 3 aromatic rings. The number of ether oxygens (including phenoxy) is 1. The minimum absolute atomic E-state index is 0.224. The first-order valence-electron chi connectivity index (χ1n) is 11.2. The van der Waals surface area contributed by atoms with E-state index in [4.69, 9.17) is 37.9 Å². The molecule has 1 aromatic carbocycles. The fourth-order valence-corrected chi connectivity index (χ4v) is 4.71. The number of nitrogens with zero attached hydrogens (tertiary/aromatic N) is 6. The van der Waals surface area contributed by atoms with Crippen molar-refractivity contribution in [2.45, 2.75) is 13.0 Å². The topological polar surface area (TPSA) is 57.6 Å². The molecular formula is C24H26Cl2N6O. The Balaban J connectivity index is 1.46. The largest absolute Gasteiger partial charge is 0.378 e. The molecule has 9 heteroatoms. The maximum Gasteiger partial charge on any atom is 0.228 e. The maximum absolute atomic E-state index is 6.40. The summed E-state index contributed by atoms with van der Waals surface area (Å²) in [4.78, 5) is 21.2. The summed E-state index contributed by atoms with van der Waals surface area (Å²) in [6.45, 7) is 7.58. The summed E-state index contributed by atoms with van der Waals surface area (Å²) >= 11 is 12.5. The van der Waals surface area contributed by atoms with Crippen molar-refractivity contribution < 1.29 is 4.74 Å². The van der Waals surface area contributed by atoms with E-state index in [9.17, 15) is 0 Å². The second kappa shape index (κ2) is 9.71. The molecule has 2 fully saturated rings. The number of aromatic nitrogens is 3. The zero-order valence-electron chi connectivity index (χ0n) is 18.5. The molecule has 2 aliphatic heterocycles. The van der Waals surface area contributed by atoms with Crippen molar-refractivity contribution in [1.82, 2.24) is 15.0 Å². The molecule has 172 valence electrons. The lowest BCUT2D eigenvalue weighted by molar-refractivity contribution is 0.122. The molecule has 0 aliphatic carbocycles. The number of morpholine rings is 1. The first-order chi connectivity index (χ1) is 16.1. The van der Waals surface area contributed by atoms with Crippen LogP contribution < -0.4 is 14.7 Å². The smallest absolute Gasteiger partial charge is 0.228 e. The van der Waals surface area contributed by atoms with Crippen LogP contribution in [0.3, 0.4) is 0 Å². The van der Waals surface area contributed by atoms with E-state index in [0.29, 0.717) is 23.3 Å². The molecule has 2 saturated heterocycles. The third kappa shape index (κ3) is 4.86. The van der Waals surface area contributed by atoms with Crippen molar-refractivity contribution in [3.63, 3.8) is 0 Å². The number of benzene rings is 1. The Bertz CT molecular complexity index is 1110. The summed E-state index contributed by atoms with van der Waals surface area (Å²) in [6, 6.07) is 13.8. The van der Waals surface area contributed by atoms with Gasteiger partial charge in [-0.05, 0) is 31.2 Å². The Labute approximate surface area is 203 Å². The van der Waals surface area contributed by atoms with E-state index in [0.717, 1.165) is 61.6 Å². The highest BCUT2D eigenvalue weighted by molar-refractivity contribution is 6.33. The average Bonchev–Trinajstić information content (AvgIpc) is 2.85. The Morgan fingerprint density at radius 1 is 0.939 bits per heavy atom. The molecule has 4 heterocycles. The molecule has 7 nitrogen and oxygen atoms in total. The van der Waals surface area contributed by atoms with Gasteiger partial charge in [0.2, 0.25) is 5.95 Å². The Kier molecular flexibility index (Phi) is 6.53. The fraction of sp³-hybridized carbons (Fsp3) is 0.375. The number of halogens is 2. The molecule has 0 unspecified atom stereocenters.